The predicted molar refractivity (Wildman–Crippen MR) is 135 cm³/mol. The summed E-state index contributed by atoms with van der Waals surface area (Å²) < 4.78 is 1.84. The topological polar surface area (TPSA) is 80.1 Å². The van der Waals surface area contributed by atoms with Crippen molar-refractivity contribution in [2.24, 2.45) is 0 Å². The fraction of sp³-hybridized carbons (Fsp3) is 0.308. The number of hydrogen-bond donors (Lipinski definition) is 1. The van der Waals surface area contributed by atoms with E-state index in [9.17, 15) is 9.59 Å². The van der Waals surface area contributed by atoms with Crippen LogP contribution in [-0.2, 0) is 0 Å². The second-order valence-corrected chi connectivity index (χ2v) is 9.83. The Morgan fingerprint density at radius 3 is 2.59 bits per heavy atom. The van der Waals surface area contributed by atoms with Gasteiger partial charge in [0.1, 0.15) is 0 Å². The summed E-state index contributed by atoms with van der Waals surface area (Å²) in [5, 5.41) is 10.2. The highest BCUT2D eigenvalue weighted by Gasteiger charge is 2.23. The van der Waals surface area contributed by atoms with Gasteiger partial charge in [0.05, 0.1) is 27.7 Å². The summed E-state index contributed by atoms with van der Waals surface area (Å²) >= 11 is 1.58. The SMILES string of the molecule is Cc1c(NC(=O)c2cc(-c3cccs3)nc3c2cnn3C(C)C)cccc1C(=O)N1CCCC1. The predicted octanol–water partition coefficient (Wildman–Crippen LogP) is 5.54. The van der Waals surface area contributed by atoms with Crippen molar-refractivity contribution in [2.45, 2.75) is 39.7 Å². The zero-order valence-corrected chi connectivity index (χ0v) is 20.4. The van der Waals surface area contributed by atoms with Crippen LogP contribution < -0.4 is 5.32 Å². The molecule has 174 valence electrons. The molecule has 0 spiro atoms. The van der Waals surface area contributed by atoms with Crippen LogP contribution in [0.2, 0.25) is 0 Å². The van der Waals surface area contributed by atoms with Crippen LogP contribution in [0.3, 0.4) is 0 Å². The summed E-state index contributed by atoms with van der Waals surface area (Å²) in [6, 6.07) is 11.4. The molecule has 1 aromatic carbocycles. The highest BCUT2D eigenvalue weighted by molar-refractivity contribution is 7.13. The number of pyridine rings is 1. The second kappa shape index (κ2) is 9.02. The fourth-order valence-corrected chi connectivity index (χ4v) is 5.10. The molecule has 1 fully saturated rings. The van der Waals surface area contributed by atoms with Crippen molar-refractivity contribution in [1.29, 1.82) is 0 Å². The number of fused-ring (bicyclic) bond motifs is 1. The van der Waals surface area contributed by atoms with Crippen LogP contribution in [0, 0.1) is 6.92 Å². The van der Waals surface area contributed by atoms with Gasteiger partial charge in [0, 0.05) is 30.4 Å². The Bertz CT molecular complexity index is 1370. The molecule has 1 aliphatic heterocycles. The van der Waals surface area contributed by atoms with Crippen LogP contribution >= 0.6 is 11.3 Å². The van der Waals surface area contributed by atoms with Crippen LogP contribution in [0.5, 0.6) is 0 Å². The molecule has 8 heteroatoms. The lowest BCUT2D eigenvalue weighted by Crippen LogP contribution is -2.28. The maximum Gasteiger partial charge on any atom is 0.256 e. The van der Waals surface area contributed by atoms with Gasteiger partial charge in [-0.2, -0.15) is 5.10 Å². The van der Waals surface area contributed by atoms with E-state index in [1.54, 1.807) is 17.5 Å². The first-order valence-electron chi connectivity index (χ1n) is 11.6. The molecule has 34 heavy (non-hydrogen) atoms. The van der Waals surface area contributed by atoms with Crippen LogP contribution in [0.1, 0.15) is 59.0 Å². The van der Waals surface area contributed by atoms with Crippen molar-refractivity contribution >= 4 is 39.9 Å². The van der Waals surface area contributed by atoms with E-state index in [0.29, 0.717) is 27.8 Å². The number of carbonyl (C=O) groups is 2. The Hall–Kier alpha value is -3.52. The molecule has 0 bridgehead atoms. The van der Waals surface area contributed by atoms with Crippen molar-refractivity contribution in [3.05, 3.63) is 64.7 Å². The van der Waals surface area contributed by atoms with Crippen molar-refractivity contribution < 1.29 is 9.59 Å². The van der Waals surface area contributed by atoms with Gasteiger partial charge >= 0.3 is 0 Å². The highest BCUT2D eigenvalue weighted by atomic mass is 32.1. The lowest BCUT2D eigenvalue weighted by Gasteiger charge is -2.18. The van der Waals surface area contributed by atoms with E-state index in [4.69, 9.17) is 4.98 Å². The van der Waals surface area contributed by atoms with E-state index in [-0.39, 0.29) is 17.9 Å². The summed E-state index contributed by atoms with van der Waals surface area (Å²) in [6.07, 6.45) is 3.78. The van der Waals surface area contributed by atoms with E-state index in [1.807, 2.05) is 72.1 Å². The lowest BCUT2D eigenvalue weighted by molar-refractivity contribution is 0.0791. The summed E-state index contributed by atoms with van der Waals surface area (Å²) in [5.74, 6) is -0.224. The van der Waals surface area contributed by atoms with Crippen LogP contribution in [0.25, 0.3) is 21.6 Å². The third-order valence-electron chi connectivity index (χ3n) is 6.28. The van der Waals surface area contributed by atoms with Gasteiger partial charge in [0.2, 0.25) is 0 Å². The summed E-state index contributed by atoms with van der Waals surface area (Å²) in [4.78, 5) is 34.2. The number of hydrogen-bond acceptors (Lipinski definition) is 5. The molecule has 1 N–H and O–H groups in total. The van der Waals surface area contributed by atoms with E-state index in [0.717, 1.165) is 42.1 Å². The van der Waals surface area contributed by atoms with Crippen molar-refractivity contribution in [3.63, 3.8) is 0 Å². The Labute approximate surface area is 202 Å². The van der Waals surface area contributed by atoms with Crippen molar-refractivity contribution in [2.75, 3.05) is 18.4 Å². The van der Waals surface area contributed by atoms with Gasteiger partial charge in [0.15, 0.2) is 5.65 Å². The molecule has 1 saturated heterocycles. The van der Waals surface area contributed by atoms with E-state index in [2.05, 4.69) is 10.4 Å². The molecule has 4 heterocycles. The molecule has 5 rings (SSSR count). The van der Waals surface area contributed by atoms with E-state index in [1.165, 1.54) is 0 Å². The number of amides is 2. The standard InChI is InChI=1S/C26H27N5O2S/c1-16(2)31-24-20(15-27-31)19(14-22(28-24)23-10-7-13-34-23)25(32)29-21-9-6-8-18(17(21)3)26(33)30-11-4-5-12-30/h6-10,13-16H,4-5,11-12H2,1-3H3,(H,29,32). The Balaban J connectivity index is 1.53. The average Bonchev–Trinajstić information content (AvgIpc) is 3.60. The minimum atomic E-state index is -0.248. The number of carbonyl (C=O) groups excluding carboxylic acids is 2. The van der Waals surface area contributed by atoms with Gasteiger partial charge in [-0.15, -0.1) is 11.3 Å². The molecule has 4 aromatic rings. The Morgan fingerprint density at radius 2 is 1.88 bits per heavy atom. The molecule has 1 aliphatic rings. The molecule has 0 unspecified atom stereocenters. The zero-order valence-electron chi connectivity index (χ0n) is 19.5. The molecule has 7 nitrogen and oxygen atoms in total. The molecule has 0 saturated carbocycles. The van der Waals surface area contributed by atoms with Crippen LogP contribution in [0.4, 0.5) is 5.69 Å². The maximum atomic E-state index is 13.6. The van der Waals surface area contributed by atoms with Crippen LogP contribution in [0.15, 0.2) is 48.0 Å². The number of nitrogens with zero attached hydrogens (tertiary/aromatic N) is 4. The molecule has 3 aromatic heterocycles. The molecular formula is C26H27N5O2S. The second-order valence-electron chi connectivity index (χ2n) is 8.88. The molecule has 2 amide bonds. The molecule has 0 radical (unpaired) electrons. The number of nitrogens with one attached hydrogen (secondary N) is 1. The molecule has 0 atom stereocenters. The first-order chi connectivity index (χ1) is 16.4. The first kappa shape index (κ1) is 22.3. The smallest absolute Gasteiger partial charge is 0.256 e. The lowest BCUT2D eigenvalue weighted by atomic mass is 10.0. The maximum absolute atomic E-state index is 13.6. The van der Waals surface area contributed by atoms with Gasteiger partial charge in [-0.3, -0.25) is 9.59 Å². The number of benzene rings is 1. The summed E-state index contributed by atoms with van der Waals surface area (Å²) in [7, 11) is 0. The largest absolute Gasteiger partial charge is 0.339 e. The average molecular weight is 474 g/mol. The minimum Gasteiger partial charge on any atom is -0.339 e. The third kappa shape index (κ3) is 3.98. The van der Waals surface area contributed by atoms with Gasteiger partial charge in [0.25, 0.3) is 11.8 Å². The fourth-order valence-electron chi connectivity index (χ4n) is 4.42. The highest BCUT2D eigenvalue weighted by Crippen LogP contribution is 2.30. The molecule has 0 aliphatic carbocycles. The summed E-state index contributed by atoms with van der Waals surface area (Å²) in [5.41, 5.74) is 3.97. The first-order valence-corrected chi connectivity index (χ1v) is 12.4. The number of rotatable bonds is 5. The summed E-state index contributed by atoms with van der Waals surface area (Å²) in [6.45, 7) is 7.54. The quantitative estimate of drug-likeness (QED) is 0.413. The van der Waals surface area contributed by atoms with Crippen LogP contribution in [-0.4, -0.2) is 44.6 Å². The Morgan fingerprint density at radius 1 is 1.09 bits per heavy atom. The molecular weight excluding hydrogens is 446 g/mol. The van der Waals surface area contributed by atoms with Gasteiger partial charge in [-0.25, -0.2) is 9.67 Å². The van der Waals surface area contributed by atoms with Crippen molar-refractivity contribution in [3.8, 4) is 10.6 Å². The van der Waals surface area contributed by atoms with E-state index >= 15 is 0 Å². The number of thiophene rings is 1. The monoisotopic (exact) mass is 473 g/mol. The van der Waals surface area contributed by atoms with Gasteiger partial charge in [-0.05, 0) is 68.8 Å². The normalized spacial score (nSPS) is 13.7. The van der Waals surface area contributed by atoms with Gasteiger partial charge in [-0.1, -0.05) is 12.1 Å². The number of likely N-dealkylation sites (tertiary alicyclic amines) is 1. The van der Waals surface area contributed by atoms with Crippen molar-refractivity contribution in [1.82, 2.24) is 19.7 Å². The Kier molecular flexibility index (Phi) is 5.91. The van der Waals surface area contributed by atoms with Gasteiger partial charge < -0.3 is 10.2 Å². The number of anilines is 1. The van der Waals surface area contributed by atoms with E-state index < -0.39 is 0 Å². The minimum absolute atomic E-state index is 0.0237. The zero-order chi connectivity index (χ0) is 23.8. The third-order valence-corrected chi connectivity index (χ3v) is 7.17. The number of aromatic nitrogens is 3.